The molecular formula is C22H25F3N2O3. The largest absolute Gasteiger partial charge is 0.497 e. The highest BCUT2D eigenvalue weighted by atomic mass is 19.4. The van der Waals surface area contributed by atoms with Gasteiger partial charge in [0.15, 0.2) is 0 Å². The molecule has 5 nitrogen and oxygen atoms in total. The Kier molecular flexibility index (Phi) is 6.74. The number of halogens is 3. The number of anilines is 1. The van der Waals surface area contributed by atoms with Crippen LogP contribution in [0.25, 0.3) is 0 Å². The van der Waals surface area contributed by atoms with Gasteiger partial charge in [-0.1, -0.05) is 6.07 Å². The van der Waals surface area contributed by atoms with E-state index in [1.807, 2.05) is 17.0 Å². The molecule has 1 aliphatic heterocycles. The van der Waals surface area contributed by atoms with Gasteiger partial charge in [0.25, 0.3) is 0 Å². The third kappa shape index (κ3) is 5.17. The van der Waals surface area contributed by atoms with Gasteiger partial charge in [-0.05, 0) is 48.4 Å². The van der Waals surface area contributed by atoms with Crippen molar-refractivity contribution in [3.05, 3.63) is 53.6 Å². The number of piperazine rings is 1. The van der Waals surface area contributed by atoms with Gasteiger partial charge in [0.1, 0.15) is 11.5 Å². The van der Waals surface area contributed by atoms with Crippen molar-refractivity contribution < 1.29 is 27.4 Å². The van der Waals surface area contributed by atoms with Crippen LogP contribution in [0, 0.1) is 0 Å². The van der Waals surface area contributed by atoms with Crippen LogP contribution in [-0.2, 0) is 17.4 Å². The second-order valence-electron chi connectivity index (χ2n) is 7.09. The molecule has 0 aromatic heterocycles. The van der Waals surface area contributed by atoms with Crippen molar-refractivity contribution in [1.29, 1.82) is 0 Å². The van der Waals surface area contributed by atoms with E-state index in [1.54, 1.807) is 31.3 Å². The molecular weight excluding hydrogens is 397 g/mol. The maximum Gasteiger partial charge on any atom is 0.416 e. The van der Waals surface area contributed by atoms with Crippen LogP contribution < -0.4 is 14.4 Å². The molecule has 0 saturated carbocycles. The van der Waals surface area contributed by atoms with Crippen LogP contribution in [0.3, 0.4) is 0 Å². The lowest BCUT2D eigenvalue weighted by Gasteiger charge is -2.36. The molecule has 30 heavy (non-hydrogen) atoms. The van der Waals surface area contributed by atoms with E-state index in [0.29, 0.717) is 56.2 Å². The fourth-order valence-electron chi connectivity index (χ4n) is 3.57. The van der Waals surface area contributed by atoms with Crippen LogP contribution in [0.4, 0.5) is 18.9 Å². The fraction of sp³-hybridized carbons (Fsp3) is 0.409. The number of carbonyl (C=O) groups excluding carboxylic acids is 1. The van der Waals surface area contributed by atoms with Crippen molar-refractivity contribution in [3.63, 3.8) is 0 Å². The summed E-state index contributed by atoms with van der Waals surface area (Å²) in [5, 5.41) is 0. The van der Waals surface area contributed by atoms with E-state index in [4.69, 9.17) is 9.47 Å². The molecule has 1 aliphatic rings. The first kappa shape index (κ1) is 21.8. The molecule has 0 radical (unpaired) electrons. The molecule has 0 unspecified atom stereocenters. The maximum absolute atomic E-state index is 12.9. The van der Waals surface area contributed by atoms with Crippen molar-refractivity contribution >= 4 is 11.6 Å². The Balaban J connectivity index is 1.56. The third-order valence-electron chi connectivity index (χ3n) is 5.27. The molecule has 162 valence electrons. The van der Waals surface area contributed by atoms with Gasteiger partial charge in [-0.15, -0.1) is 0 Å². The number of benzene rings is 2. The molecule has 1 amide bonds. The number of alkyl halides is 3. The highest BCUT2D eigenvalue weighted by Gasteiger charge is 2.31. The van der Waals surface area contributed by atoms with Crippen molar-refractivity contribution in [1.82, 2.24) is 4.90 Å². The molecule has 2 aromatic carbocycles. The summed E-state index contributed by atoms with van der Waals surface area (Å²) >= 11 is 0. The van der Waals surface area contributed by atoms with Crippen molar-refractivity contribution in [2.75, 3.05) is 45.3 Å². The maximum atomic E-state index is 12.9. The van der Waals surface area contributed by atoms with Gasteiger partial charge in [-0.2, -0.15) is 13.2 Å². The van der Waals surface area contributed by atoms with Crippen LogP contribution in [0.15, 0.2) is 42.5 Å². The average Bonchev–Trinajstić information content (AvgIpc) is 2.76. The summed E-state index contributed by atoms with van der Waals surface area (Å²) in [6.07, 6.45) is -3.52. The second kappa shape index (κ2) is 9.28. The molecule has 1 fully saturated rings. The van der Waals surface area contributed by atoms with Crippen molar-refractivity contribution in [2.45, 2.75) is 19.0 Å². The summed E-state index contributed by atoms with van der Waals surface area (Å²) in [4.78, 5) is 16.3. The second-order valence-corrected chi connectivity index (χ2v) is 7.09. The number of amides is 1. The average molecular weight is 422 g/mol. The van der Waals surface area contributed by atoms with E-state index in [1.165, 1.54) is 6.07 Å². The normalized spacial score (nSPS) is 14.6. The number of carbonyl (C=O) groups is 1. The quantitative estimate of drug-likeness (QED) is 0.706. The number of hydrogen-bond donors (Lipinski definition) is 0. The highest BCUT2D eigenvalue weighted by Crippen LogP contribution is 2.32. The van der Waals surface area contributed by atoms with Crippen molar-refractivity contribution in [2.24, 2.45) is 0 Å². The lowest BCUT2D eigenvalue weighted by atomic mass is 10.1. The summed E-state index contributed by atoms with van der Waals surface area (Å²) < 4.78 is 49.4. The van der Waals surface area contributed by atoms with Crippen LogP contribution in [0.2, 0.25) is 0 Å². The summed E-state index contributed by atoms with van der Waals surface area (Å²) in [6, 6.07) is 10.8. The first-order valence-electron chi connectivity index (χ1n) is 9.72. The predicted molar refractivity (Wildman–Crippen MR) is 108 cm³/mol. The Hall–Kier alpha value is -2.90. The van der Waals surface area contributed by atoms with E-state index in [2.05, 4.69) is 0 Å². The minimum Gasteiger partial charge on any atom is -0.497 e. The zero-order valence-electron chi connectivity index (χ0n) is 17.0. The first-order chi connectivity index (χ1) is 14.3. The molecule has 0 bridgehead atoms. The highest BCUT2D eigenvalue weighted by molar-refractivity contribution is 5.77. The number of aryl methyl sites for hydroxylation is 1. The SMILES string of the molecule is COc1ccc(OC)c(CCC(=O)N2CCN(c3cccc(C(F)(F)F)c3)CC2)c1. The van der Waals surface area contributed by atoms with E-state index in [0.717, 1.165) is 17.7 Å². The smallest absolute Gasteiger partial charge is 0.416 e. The van der Waals surface area contributed by atoms with E-state index in [9.17, 15) is 18.0 Å². The molecule has 1 heterocycles. The van der Waals surface area contributed by atoms with E-state index < -0.39 is 11.7 Å². The Morgan fingerprint density at radius 3 is 2.37 bits per heavy atom. The summed E-state index contributed by atoms with van der Waals surface area (Å²) in [5.74, 6) is 1.43. The zero-order valence-corrected chi connectivity index (χ0v) is 17.0. The third-order valence-corrected chi connectivity index (χ3v) is 5.27. The molecule has 0 atom stereocenters. The van der Waals surface area contributed by atoms with Gasteiger partial charge in [-0.25, -0.2) is 0 Å². The van der Waals surface area contributed by atoms with Crippen LogP contribution >= 0.6 is 0 Å². The fourth-order valence-corrected chi connectivity index (χ4v) is 3.57. The van der Waals surface area contributed by atoms with Gasteiger partial charge in [-0.3, -0.25) is 4.79 Å². The van der Waals surface area contributed by atoms with Crippen LogP contribution in [0.1, 0.15) is 17.5 Å². The van der Waals surface area contributed by atoms with Crippen LogP contribution in [0.5, 0.6) is 11.5 Å². The number of methoxy groups -OCH3 is 2. The Bertz CT molecular complexity index is 878. The summed E-state index contributed by atoms with van der Waals surface area (Å²) in [5.41, 5.74) is 0.761. The van der Waals surface area contributed by atoms with Crippen molar-refractivity contribution in [3.8, 4) is 11.5 Å². The number of ether oxygens (including phenoxy) is 2. The lowest BCUT2D eigenvalue weighted by Crippen LogP contribution is -2.48. The molecule has 8 heteroatoms. The Morgan fingerprint density at radius 2 is 1.73 bits per heavy atom. The molecule has 2 aromatic rings. The molecule has 1 saturated heterocycles. The van der Waals surface area contributed by atoms with E-state index >= 15 is 0 Å². The van der Waals surface area contributed by atoms with Gasteiger partial charge < -0.3 is 19.3 Å². The predicted octanol–water partition coefficient (Wildman–Crippen LogP) is 4.00. The van der Waals surface area contributed by atoms with Crippen LogP contribution in [-0.4, -0.2) is 51.2 Å². The van der Waals surface area contributed by atoms with Gasteiger partial charge in [0.2, 0.25) is 5.91 Å². The number of rotatable bonds is 6. The summed E-state index contributed by atoms with van der Waals surface area (Å²) in [6.45, 7) is 1.94. The molecule has 0 N–H and O–H groups in total. The van der Waals surface area contributed by atoms with Gasteiger partial charge >= 0.3 is 6.18 Å². The molecule has 0 spiro atoms. The van der Waals surface area contributed by atoms with Gasteiger partial charge in [0.05, 0.1) is 19.8 Å². The monoisotopic (exact) mass is 422 g/mol. The minimum absolute atomic E-state index is 0.0172. The number of hydrogen-bond acceptors (Lipinski definition) is 4. The molecule has 3 rings (SSSR count). The Morgan fingerprint density at radius 1 is 1.00 bits per heavy atom. The lowest BCUT2D eigenvalue weighted by molar-refractivity contribution is -0.137. The van der Waals surface area contributed by atoms with Gasteiger partial charge in [0, 0.05) is 38.3 Å². The summed E-state index contributed by atoms with van der Waals surface area (Å²) in [7, 11) is 3.17. The zero-order chi connectivity index (χ0) is 21.7. The number of nitrogens with zero attached hydrogens (tertiary/aromatic N) is 2. The topological polar surface area (TPSA) is 42.0 Å². The Labute approximate surface area is 174 Å². The standard InChI is InChI=1S/C22H25F3N2O3/c1-29-19-7-8-20(30-2)16(14-19)6-9-21(28)27-12-10-26(11-13-27)18-5-3-4-17(15-18)22(23,24)25/h3-5,7-8,14-15H,6,9-13H2,1-2H3. The molecule has 0 aliphatic carbocycles. The first-order valence-corrected chi connectivity index (χ1v) is 9.72. The van der Waals surface area contributed by atoms with E-state index in [-0.39, 0.29) is 5.91 Å². The minimum atomic E-state index is -4.37.